The summed E-state index contributed by atoms with van der Waals surface area (Å²) in [6.45, 7) is 6.18. The Labute approximate surface area is 199 Å². The lowest BCUT2D eigenvalue weighted by atomic mass is 9.96. The predicted octanol–water partition coefficient (Wildman–Crippen LogP) is 5.18. The molecule has 1 atom stereocenters. The van der Waals surface area contributed by atoms with E-state index in [1.54, 1.807) is 0 Å². The van der Waals surface area contributed by atoms with E-state index in [-0.39, 0.29) is 37.9 Å². The second-order valence-electron chi connectivity index (χ2n) is 9.24. The van der Waals surface area contributed by atoms with Crippen LogP contribution in [0.5, 0.6) is 0 Å². The van der Waals surface area contributed by atoms with Crippen molar-refractivity contribution in [2.45, 2.75) is 57.1 Å². The van der Waals surface area contributed by atoms with Crippen molar-refractivity contribution in [3.05, 3.63) is 65.2 Å². The third-order valence-corrected chi connectivity index (χ3v) is 8.07. The molecule has 0 aliphatic carbocycles. The van der Waals surface area contributed by atoms with Gasteiger partial charge >= 0.3 is 6.18 Å². The highest BCUT2D eigenvalue weighted by atomic mass is 32.2. The Morgan fingerprint density at radius 1 is 1.03 bits per heavy atom. The number of nitrogens with zero attached hydrogens (tertiary/aromatic N) is 1. The lowest BCUT2D eigenvalue weighted by Crippen LogP contribution is -2.43. The largest absolute Gasteiger partial charge is 0.417 e. The minimum absolute atomic E-state index is 0.00904. The van der Waals surface area contributed by atoms with Crippen molar-refractivity contribution in [2.24, 2.45) is 11.8 Å². The van der Waals surface area contributed by atoms with E-state index in [9.17, 15) is 26.4 Å². The van der Waals surface area contributed by atoms with E-state index in [4.69, 9.17) is 0 Å². The first kappa shape index (κ1) is 26.2. The monoisotopic (exact) mass is 496 g/mol. The van der Waals surface area contributed by atoms with Crippen LogP contribution in [0.3, 0.4) is 0 Å². The third kappa shape index (κ3) is 6.18. The maximum atomic E-state index is 13.3. The van der Waals surface area contributed by atoms with E-state index >= 15 is 0 Å². The molecule has 1 aliphatic heterocycles. The van der Waals surface area contributed by atoms with Crippen molar-refractivity contribution in [3.63, 3.8) is 0 Å². The zero-order valence-corrected chi connectivity index (χ0v) is 20.4. The maximum absolute atomic E-state index is 13.3. The first-order valence-electron chi connectivity index (χ1n) is 11.4. The van der Waals surface area contributed by atoms with E-state index in [1.807, 2.05) is 19.1 Å². The molecule has 3 rings (SSSR count). The second-order valence-corrected chi connectivity index (χ2v) is 11.1. The maximum Gasteiger partial charge on any atom is 0.417 e. The van der Waals surface area contributed by atoms with Gasteiger partial charge in [-0.2, -0.15) is 17.5 Å². The van der Waals surface area contributed by atoms with Gasteiger partial charge in [0.2, 0.25) is 15.9 Å². The molecule has 2 aromatic carbocycles. The molecule has 1 amide bonds. The van der Waals surface area contributed by atoms with Crippen LogP contribution < -0.4 is 5.32 Å². The topological polar surface area (TPSA) is 66.5 Å². The molecule has 0 spiro atoms. The van der Waals surface area contributed by atoms with Gasteiger partial charge in [-0.25, -0.2) is 8.42 Å². The predicted molar refractivity (Wildman–Crippen MR) is 124 cm³/mol. The molecule has 1 N–H and O–H groups in total. The highest BCUT2D eigenvalue weighted by Crippen LogP contribution is 2.36. The van der Waals surface area contributed by atoms with Crippen LogP contribution >= 0.6 is 0 Å². The molecular weight excluding hydrogens is 465 g/mol. The van der Waals surface area contributed by atoms with Gasteiger partial charge in [-0.05, 0) is 55.4 Å². The Balaban J connectivity index is 1.61. The van der Waals surface area contributed by atoms with Crippen LogP contribution in [-0.4, -0.2) is 31.7 Å². The van der Waals surface area contributed by atoms with Crippen LogP contribution in [0, 0.1) is 11.8 Å². The standard InChI is InChI=1S/C25H31F3N2O3S/c1-17(2)16-19-8-10-20(11-9-19)18(3)29-24(31)21-12-14-30(15-13-21)34(32,33)23-7-5-4-6-22(23)25(26,27)28/h4-11,17-18,21H,12-16H2,1-3H3,(H,29,31). The SMILES string of the molecule is CC(C)Cc1ccc(C(C)NC(=O)C2CCN(S(=O)(=O)c3ccccc3C(F)(F)F)CC2)cc1. The number of carbonyl (C=O) groups excluding carboxylic acids is 1. The molecule has 0 aromatic heterocycles. The zero-order valence-electron chi connectivity index (χ0n) is 19.6. The Hall–Kier alpha value is -2.39. The quantitative estimate of drug-likeness (QED) is 0.574. The van der Waals surface area contributed by atoms with Crippen molar-refractivity contribution in [1.29, 1.82) is 0 Å². The molecule has 1 unspecified atom stereocenters. The summed E-state index contributed by atoms with van der Waals surface area (Å²) in [7, 11) is -4.32. The summed E-state index contributed by atoms with van der Waals surface area (Å²) in [6.07, 6.45) is -3.29. The molecule has 5 nitrogen and oxygen atoms in total. The number of carbonyl (C=O) groups is 1. The van der Waals surface area contributed by atoms with Gasteiger partial charge in [0.1, 0.15) is 0 Å². The number of nitrogens with one attached hydrogen (secondary N) is 1. The number of halogens is 3. The van der Waals surface area contributed by atoms with E-state index in [0.29, 0.717) is 5.92 Å². The minimum Gasteiger partial charge on any atom is -0.349 e. The van der Waals surface area contributed by atoms with Gasteiger partial charge in [0.15, 0.2) is 0 Å². The molecular formula is C25H31F3N2O3S. The van der Waals surface area contributed by atoms with Gasteiger partial charge < -0.3 is 5.32 Å². The van der Waals surface area contributed by atoms with Crippen LogP contribution in [-0.2, 0) is 27.4 Å². The molecule has 0 bridgehead atoms. The van der Waals surface area contributed by atoms with E-state index < -0.39 is 32.6 Å². The van der Waals surface area contributed by atoms with Gasteiger partial charge in [0.25, 0.3) is 0 Å². The average Bonchev–Trinajstić information content (AvgIpc) is 2.78. The number of hydrogen-bond donors (Lipinski definition) is 1. The molecule has 186 valence electrons. The molecule has 0 saturated carbocycles. The van der Waals surface area contributed by atoms with Crippen LogP contribution in [0.15, 0.2) is 53.4 Å². The average molecular weight is 497 g/mol. The lowest BCUT2D eigenvalue weighted by molar-refractivity contribution is -0.139. The number of piperidine rings is 1. The zero-order chi connectivity index (χ0) is 25.1. The highest BCUT2D eigenvalue weighted by Gasteiger charge is 2.40. The van der Waals surface area contributed by atoms with Crippen molar-refractivity contribution < 1.29 is 26.4 Å². The normalized spacial score (nSPS) is 17.0. The van der Waals surface area contributed by atoms with Crippen molar-refractivity contribution in [2.75, 3.05) is 13.1 Å². The van der Waals surface area contributed by atoms with Crippen LogP contribution in [0.1, 0.15) is 56.3 Å². The number of amides is 1. The Kier molecular flexibility index (Phi) is 8.08. The summed E-state index contributed by atoms with van der Waals surface area (Å²) in [5.74, 6) is -0.0157. The van der Waals surface area contributed by atoms with Gasteiger partial charge in [-0.15, -0.1) is 0 Å². The number of benzene rings is 2. The number of hydrogen-bond acceptors (Lipinski definition) is 3. The fraction of sp³-hybridized carbons (Fsp3) is 0.480. The molecule has 1 aliphatic rings. The molecule has 1 saturated heterocycles. The smallest absolute Gasteiger partial charge is 0.349 e. The molecule has 34 heavy (non-hydrogen) atoms. The molecule has 2 aromatic rings. The number of sulfonamides is 1. The first-order chi connectivity index (χ1) is 15.9. The van der Waals surface area contributed by atoms with Gasteiger partial charge in [-0.1, -0.05) is 50.2 Å². The summed E-state index contributed by atoms with van der Waals surface area (Å²) in [5, 5.41) is 2.98. The fourth-order valence-corrected chi connectivity index (χ4v) is 5.93. The Morgan fingerprint density at radius 3 is 2.18 bits per heavy atom. The second kappa shape index (κ2) is 10.5. The third-order valence-electron chi connectivity index (χ3n) is 6.12. The van der Waals surface area contributed by atoms with Crippen LogP contribution in [0.2, 0.25) is 0 Å². The van der Waals surface area contributed by atoms with Crippen molar-refractivity contribution in [1.82, 2.24) is 9.62 Å². The van der Waals surface area contributed by atoms with Gasteiger partial charge in [0.05, 0.1) is 16.5 Å². The van der Waals surface area contributed by atoms with E-state index in [2.05, 4.69) is 31.3 Å². The summed E-state index contributed by atoms with van der Waals surface area (Å²) in [5.41, 5.74) is 1.03. The summed E-state index contributed by atoms with van der Waals surface area (Å²) in [4.78, 5) is 12.0. The minimum atomic E-state index is -4.77. The molecule has 1 heterocycles. The highest BCUT2D eigenvalue weighted by molar-refractivity contribution is 7.89. The van der Waals surface area contributed by atoms with Gasteiger partial charge in [-0.3, -0.25) is 4.79 Å². The molecule has 1 fully saturated rings. The Morgan fingerprint density at radius 2 is 1.62 bits per heavy atom. The number of alkyl halides is 3. The molecule has 0 radical (unpaired) electrons. The van der Waals surface area contributed by atoms with E-state index in [1.165, 1.54) is 11.6 Å². The summed E-state index contributed by atoms with van der Waals surface area (Å²) in [6, 6.07) is 12.1. The van der Waals surface area contributed by atoms with Crippen LogP contribution in [0.25, 0.3) is 0 Å². The van der Waals surface area contributed by atoms with E-state index in [0.717, 1.165) is 34.5 Å². The first-order valence-corrected chi connectivity index (χ1v) is 12.9. The van der Waals surface area contributed by atoms with Crippen molar-refractivity contribution >= 4 is 15.9 Å². The molecule has 9 heteroatoms. The van der Waals surface area contributed by atoms with Crippen molar-refractivity contribution in [3.8, 4) is 0 Å². The number of rotatable bonds is 7. The summed E-state index contributed by atoms with van der Waals surface area (Å²) < 4.78 is 66.8. The summed E-state index contributed by atoms with van der Waals surface area (Å²) >= 11 is 0. The lowest BCUT2D eigenvalue weighted by Gasteiger charge is -2.31. The Bertz CT molecular complexity index is 1090. The fourth-order valence-electron chi connectivity index (χ4n) is 4.25. The van der Waals surface area contributed by atoms with Crippen LogP contribution in [0.4, 0.5) is 13.2 Å². The van der Waals surface area contributed by atoms with Gasteiger partial charge in [0, 0.05) is 19.0 Å².